The summed E-state index contributed by atoms with van der Waals surface area (Å²) >= 11 is 0. The molecule has 0 atom stereocenters. The van der Waals surface area contributed by atoms with Gasteiger partial charge in [0, 0.05) is 55.2 Å². The van der Waals surface area contributed by atoms with Crippen molar-refractivity contribution in [1.82, 2.24) is 13.7 Å². The van der Waals surface area contributed by atoms with Gasteiger partial charge in [-0.15, -0.1) is 0 Å². The van der Waals surface area contributed by atoms with Crippen LogP contribution in [-0.2, 0) is 5.41 Å². The van der Waals surface area contributed by atoms with E-state index in [0.29, 0.717) is 5.56 Å². The van der Waals surface area contributed by atoms with E-state index in [9.17, 15) is 5.26 Å². The number of aromatic nitrogens is 3. The normalized spacial score (nSPS) is 13.2. The number of rotatable bonds is 4. The molecule has 0 radical (unpaired) electrons. The lowest BCUT2D eigenvalue weighted by molar-refractivity contribution is 0.661. The summed E-state index contributed by atoms with van der Waals surface area (Å²) in [6.45, 7) is 4.63. The number of benzene rings is 8. The first-order chi connectivity index (χ1) is 28.5. The van der Waals surface area contributed by atoms with Crippen molar-refractivity contribution in [2.75, 3.05) is 0 Å². The second-order valence-corrected chi connectivity index (χ2v) is 16.0. The second-order valence-electron chi connectivity index (χ2n) is 16.0. The molecular formula is C53H35N5. The van der Waals surface area contributed by atoms with Gasteiger partial charge in [0.25, 0.3) is 0 Å². The van der Waals surface area contributed by atoms with Gasteiger partial charge in [0.05, 0.1) is 50.0 Å². The largest absolute Gasteiger partial charge is 0.309 e. The highest BCUT2D eigenvalue weighted by atomic mass is 15.0. The minimum absolute atomic E-state index is 0.213. The molecule has 11 aromatic rings. The molecule has 272 valence electrons. The van der Waals surface area contributed by atoms with Gasteiger partial charge in [0.1, 0.15) is 6.07 Å². The van der Waals surface area contributed by atoms with E-state index in [2.05, 4.69) is 173 Å². The van der Waals surface area contributed by atoms with Crippen LogP contribution in [0.15, 0.2) is 164 Å². The molecule has 0 unspecified atom stereocenters. The summed E-state index contributed by atoms with van der Waals surface area (Å²) < 4.78 is 6.85. The summed E-state index contributed by atoms with van der Waals surface area (Å²) in [7, 11) is 0. The second kappa shape index (κ2) is 11.7. The maximum Gasteiger partial charge on any atom is 0.101 e. The Kier molecular flexibility index (Phi) is 6.55. The van der Waals surface area contributed by atoms with Crippen molar-refractivity contribution in [2.45, 2.75) is 19.3 Å². The molecule has 1 aliphatic carbocycles. The molecule has 3 aromatic heterocycles. The zero-order chi connectivity index (χ0) is 38.9. The predicted molar refractivity (Wildman–Crippen MR) is 240 cm³/mol. The highest BCUT2D eigenvalue weighted by Crippen LogP contribution is 2.51. The molecule has 0 fully saturated rings. The average molecular weight is 742 g/mol. The number of nitrogens with zero attached hydrogens (tertiary/aromatic N) is 4. The van der Waals surface area contributed by atoms with Crippen molar-refractivity contribution >= 4 is 71.6 Å². The van der Waals surface area contributed by atoms with Gasteiger partial charge in [-0.3, -0.25) is 0 Å². The lowest BCUT2D eigenvalue weighted by Gasteiger charge is -2.22. The number of fused-ring (bicyclic) bond motifs is 12. The topological polar surface area (TPSA) is 62.4 Å². The van der Waals surface area contributed by atoms with E-state index in [-0.39, 0.29) is 5.41 Å². The fourth-order valence-corrected chi connectivity index (χ4v) is 10.1. The lowest BCUT2D eigenvalue weighted by Crippen LogP contribution is -2.15. The summed E-state index contributed by atoms with van der Waals surface area (Å²) in [6.07, 6.45) is 1.44. The molecule has 0 amide bonds. The number of nitrogens with one attached hydrogen (secondary N) is 1. The Morgan fingerprint density at radius 1 is 0.466 bits per heavy atom. The minimum Gasteiger partial charge on any atom is -0.309 e. The molecule has 3 heterocycles. The summed E-state index contributed by atoms with van der Waals surface area (Å²) in [5, 5.41) is 26.9. The van der Waals surface area contributed by atoms with Crippen LogP contribution >= 0.6 is 0 Å². The standard InChI is InChI=1S/C53H35N5/c1-53(2)43-20-10-6-16-35(43)39-26-41-42-27-40-38-19-9-11-21-45(38)56(34-14-4-3-5-15-34)51(40)29-52(42)58(50(41)28-44(39)53)49-25-32(30-54)48(24-33(49)31-55)57-46-22-12-7-17-36(46)37-18-8-13-23-47(37)57/h3-29,31,55H,1-2H3. The van der Waals surface area contributed by atoms with E-state index < -0.39 is 0 Å². The van der Waals surface area contributed by atoms with E-state index in [1.165, 1.54) is 39.2 Å². The summed E-state index contributed by atoms with van der Waals surface area (Å²) in [4.78, 5) is 0. The molecule has 5 nitrogen and oxygen atoms in total. The first-order valence-electron chi connectivity index (χ1n) is 19.7. The average Bonchev–Trinajstić information content (AvgIpc) is 3.95. The van der Waals surface area contributed by atoms with E-state index >= 15 is 0 Å². The molecule has 8 aromatic carbocycles. The monoisotopic (exact) mass is 741 g/mol. The van der Waals surface area contributed by atoms with Crippen LogP contribution in [0.2, 0.25) is 0 Å². The van der Waals surface area contributed by atoms with Gasteiger partial charge >= 0.3 is 0 Å². The predicted octanol–water partition coefficient (Wildman–Crippen LogP) is 13.2. The maximum atomic E-state index is 11.0. The molecule has 5 heteroatoms. The maximum absolute atomic E-state index is 11.0. The molecule has 58 heavy (non-hydrogen) atoms. The Labute approximate surface area is 334 Å². The van der Waals surface area contributed by atoms with Crippen LogP contribution in [0.5, 0.6) is 0 Å². The molecule has 0 spiro atoms. The Balaban J connectivity index is 1.23. The fraction of sp³-hybridized carbons (Fsp3) is 0.0566. The summed E-state index contributed by atoms with van der Waals surface area (Å²) in [6, 6.07) is 60.8. The zero-order valence-electron chi connectivity index (χ0n) is 32.0. The lowest BCUT2D eigenvalue weighted by atomic mass is 9.82. The van der Waals surface area contributed by atoms with Crippen molar-refractivity contribution < 1.29 is 0 Å². The van der Waals surface area contributed by atoms with Gasteiger partial charge in [0.15, 0.2) is 0 Å². The van der Waals surface area contributed by atoms with Crippen LogP contribution in [0.1, 0.15) is 36.1 Å². The third-order valence-corrected chi connectivity index (χ3v) is 12.8. The highest BCUT2D eigenvalue weighted by Gasteiger charge is 2.36. The van der Waals surface area contributed by atoms with Gasteiger partial charge in [-0.05, 0) is 89.0 Å². The van der Waals surface area contributed by atoms with Crippen LogP contribution in [0.25, 0.3) is 93.6 Å². The SMILES string of the molecule is CC1(C)c2ccccc2-c2cc3c4cc5c6ccccc6n(-c6ccccc6)c5cc4n(-c4cc(C#N)c(-n5c6ccccc6c6ccccc65)cc4C=N)c3cc21. The molecule has 0 saturated heterocycles. The van der Waals surface area contributed by atoms with Crippen LogP contribution in [0.4, 0.5) is 0 Å². The van der Waals surface area contributed by atoms with E-state index in [4.69, 9.17) is 5.41 Å². The molecule has 1 aliphatic rings. The van der Waals surface area contributed by atoms with Crippen LogP contribution in [0, 0.1) is 16.7 Å². The van der Waals surface area contributed by atoms with Gasteiger partial charge in [0.2, 0.25) is 0 Å². The molecular weight excluding hydrogens is 707 g/mol. The molecule has 1 N–H and O–H groups in total. The van der Waals surface area contributed by atoms with E-state index in [1.807, 2.05) is 24.3 Å². The number of nitriles is 1. The van der Waals surface area contributed by atoms with Crippen molar-refractivity contribution in [3.63, 3.8) is 0 Å². The van der Waals surface area contributed by atoms with Gasteiger partial charge in [-0.1, -0.05) is 111 Å². The van der Waals surface area contributed by atoms with Gasteiger partial charge < -0.3 is 19.1 Å². The Hall–Kier alpha value is -7.68. The van der Waals surface area contributed by atoms with E-state index in [1.54, 1.807) is 0 Å². The van der Waals surface area contributed by atoms with Crippen molar-refractivity contribution in [3.05, 3.63) is 186 Å². The highest BCUT2D eigenvalue weighted by molar-refractivity contribution is 6.20. The van der Waals surface area contributed by atoms with Crippen molar-refractivity contribution in [1.29, 1.82) is 10.7 Å². The smallest absolute Gasteiger partial charge is 0.101 e. The zero-order valence-corrected chi connectivity index (χ0v) is 32.0. The van der Waals surface area contributed by atoms with Crippen LogP contribution < -0.4 is 0 Å². The summed E-state index contributed by atoms with van der Waals surface area (Å²) in [5.74, 6) is 0. The van der Waals surface area contributed by atoms with Gasteiger partial charge in [-0.25, -0.2) is 0 Å². The Morgan fingerprint density at radius 3 is 1.69 bits per heavy atom. The number of para-hydroxylation sites is 4. The van der Waals surface area contributed by atoms with Crippen molar-refractivity contribution in [2.24, 2.45) is 0 Å². The van der Waals surface area contributed by atoms with Crippen molar-refractivity contribution in [3.8, 4) is 34.3 Å². The molecule has 0 bridgehead atoms. The third kappa shape index (κ3) is 4.21. The van der Waals surface area contributed by atoms with Gasteiger partial charge in [-0.2, -0.15) is 5.26 Å². The Bertz CT molecular complexity index is 3570. The van der Waals surface area contributed by atoms with Crippen LogP contribution in [-0.4, -0.2) is 19.9 Å². The molecule has 0 aliphatic heterocycles. The first kappa shape index (κ1) is 32.6. The van der Waals surface area contributed by atoms with E-state index in [0.717, 1.165) is 77.3 Å². The number of hydrogen-bond donors (Lipinski definition) is 1. The van der Waals surface area contributed by atoms with Crippen LogP contribution in [0.3, 0.4) is 0 Å². The molecule has 0 saturated carbocycles. The number of hydrogen-bond acceptors (Lipinski definition) is 2. The quantitative estimate of drug-likeness (QED) is 0.179. The third-order valence-electron chi connectivity index (χ3n) is 12.8. The fourth-order valence-electron chi connectivity index (χ4n) is 10.1. The minimum atomic E-state index is -0.213. The Morgan fingerprint density at radius 2 is 1.00 bits per heavy atom. The summed E-state index contributed by atoms with van der Waals surface area (Å²) in [5.41, 5.74) is 15.2. The molecule has 12 rings (SSSR count). The first-order valence-corrected chi connectivity index (χ1v) is 19.7.